The third-order valence-electron chi connectivity index (χ3n) is 5.39. The number of piperidine rings is 1. The van der Waals surface area contributed by atoms with Crippen LogP contribution in [0.4, 0.5) is 0 Å². The third kappa shape index (κ3) is 1.04. The second-order valence-electron chi connectivity index (χ2n) is 6.11. The Balaban J connectivity index is 1.87. The van der Waals surface area contributed by atoms with Crippen LogP contribution in [-0.2, 0) is 11.8 Å². The lowest BCUT2D eigenvalue weighted by Crippen LogP contribution is -2.57. The first-order valence-corrected chi connectivity index (χ1v) is 7.34. The first-order valence-electron chi connectivity index (χ1n) is 7.34. The Morgan fingerprint density at radius 3 is 3.25 bits per heavy atom. The molecular weight excluding hydrogens is 250 g/mol. The van der Waals surface area contributed by atoms with E-state index >= 15 is 0 Å². The van der Waals surface area contributed by atoms with Gasteiger partial charge in [-0.25, -0.2) is 0 Å². The average Bonchev–Trinajstić information content (AvgIpc) is 2.80. The summed E-state index contributed by atoms with van der Waals surface area (Å²) in [6.45, 7) is 1.06. The largest absolute Gasteiger partial charge is 0.493 e. The second kappa shape index (κ2) is 3.47. The van der Waals surface area contributed by atoms with Crippen molar-refractivity contribution < 1.29 is 9.47 Å². The standard InChI is InChI=1S/C17H17NO2/c1-19-13-6-5-10-9-12-11-3-2-4-14-17(11,7-8-18-12)15(10)16(13)20-14/h2-6,12,14,18H,7-9H2,1H3/t12?,14-,17?/m0/s1. The minimum atomic E-state index is 0.0577. The smallest absolute Gasteiger partial charge is 0.166 e. The van der Waals surface area contributed by atoms with Crippen molar-refractivity contribution in [2.75, 3.05) is 13.7 Å². The van der Waals surface area contributed by atoms with Crippen molar-refractivity contribution in [2.24, 2.45) is 0 Å². The summed E-state index contributed by atoms with van der Waals surface area (Å²) in [7, 11) is 1.72. The van der Waals surface area contributed by atoms with Crippen LogP contribution >= 0.6 is 0 Å². The molecular formula is C17H17NO2. The van der Waals surface area contributed by atoms with Crippen LogP contribution in [0, 0.1) is 0 Å². The summed E-state index contributed by atoms with van der Waals surface area (Å²) in [5, 5.41) is 3.67. The number of allylic oxidation sites excluding steroid dienone is 2. The van der Waals surface area contributed by atoms with E-state index in [1.165, 1.54) is 16.7 Å². The van der Waals surface area contributed by atoms with Crippen molar-refractivity contribution in [1.29, 1.82) is 0 Å². The average molecular weight is 267 g/mol. The molecule has 1 saturated heterocycles. The fraction of sp³-hybridized carbons (Fsp3) is 0.412. The molecule has 2 heterocycles. The van der Waals surface area contributed by atoms with E-state index in [4.69, 9.17) is 9.47 Å². The molecule has 1 aromatic rings. The van der Waals surface area contributed by atoms with Gasteiger partial charge in [0.15, 0.2) is 11.5 Å². The highest BCUT2D eigenvalue weighted by Gasteiger charge is 2.58. The van der Waals surface area contributed by atoms with Gasteiger partial charge >= 0.3 is 0 Å². The van der Waals surface area contributed by atoms with Gasteiger partial charge in [0.1, 0.15) is 6.10 Å². The fourth-order valence-corrected chi connectivity index (χ4v) is 4.63. The molecule has 3 atom stereocenters. The predicted octanol–water partition coefficient (Wildman–Crippen LogP) is 2.11. The van der Waals surface area contributed by atoms with E-state index in [1.54, 1.807) is 7.11 Å². The van der Waals surface area contributed by atoms with Crippen LogP contribution in [0.25, 0.3) is 0 Å². The molecule has 2 unspecified atom stereocenters. The lowest BCUT2D eigenvalue weighted by atomic mass is 9.58. The number of methoxy groups -OCH3 is 1. The Morgan fingerprint density at radius 2 is 2.35 bits per heavy atom. The van der Waals surface area contributed by atoms with E-state index in [1.807, 2.05) is 0 Å². The van der Waals surface area contributed by atoms with Crippen LogP contribution in [0.2, 0.25) is 0 Å². The molecule has 1 N–H and O–H groups in total. The van der Waals surface area contributed by atoms with Crippen molar-refractivity contribution in [1.82, 2.24) is 5.32 Å². The van der Waals surface area contributed by atoms with Gasteiger partial charge in [-0.2, -0.15) is 0 Å². The van der Waals surface area contributed by atoms with Crippen molar-refractivity contribution in [3.05, 3.63) is 47.1 Å². The van der Waals surface area contributed by atoms with E-state index < -0.39 is 0 Å². The van der Waals surface area contributed by atoms with Gasteiger partial charge in [-0.15, -0.1) is 0 Å². The van der Waals surface area contributed by atoms with Crippen molar-refractivity contribution in [3.8, 4) is 11.5 Å². The second-order valence-corrected chi connectivity index (χ2v) is 6.11. The molecule has 5 rings (SSSR count). The Morgan fingerprint density at radius 1 is 1.40 bits per heavy atom. The van der Waals surface area contributed by atoms with E-state index in [0.717, 1.165) is 30.9 Å². The normalized spacial score (nSPS) is 35.1. The first-order chi connectivity index (χ1) is 9.84. The lowest BCUT2D eigenvalue weighted by molar-refractivity contribution is 0.173. The molecule has 0 amide bonds. The minimum absolute atomic E-state index is 0.0577. The van der Waals surface area contributed by atoms with Gasteiger partial charge in [-0.1, -0.05) is 18.2 Å². The van der Waals surface area contributed by atoms with Crippen molar-refractivity contribution >= 4 is 0 Å². The number of hydrogen-bond acceptors (Lipinski definition) is 3. The van der Waals surface area contributed by atoms with Crippen molar-refractivity contribution in [2.45, 2.75) is 30.4 Å². The maximum atomic E-state index is 6.32. The molecule has 2 aliphatic heterocycles. The molecule has 1 aromatic carbocycles. The molecule has 4 aliphatic rings. The van der Waals surface area contributed by atoms with Crippen LogP contribution in [0.3, 0.4) is 0 Å². The van der Waals surface area contributed by atoms with Gasteiger partial charge in [0, 0.05) is 11.6 Å². The molecule has 1 spiro atoms. The Kier molecular flexibility index (Phi) is 1.91. The Bertz CT molecular complexity index is 676. The predicted molar refractivity (Wildman–Crippen MR) is 76.4 cm³/mol. The highest BCUT2D eigenvalue weighted by atomic mass is 16.5. The topological polar surface area (TPSA) is 30.5 Å². The SMILES string of the molecule is COc1ccc2c3c1O[C@H]1C=CC=C4C(C2)NCCC431. The Labute approximate surface area is 118 Å². The fourth-order valence-electron chi connectivity index (χ4n) is 4.63. The summed E-state index contributed by atoms with van der Waals surface area (Å²) in [6.07, 6.45) is 8.97. The maximum absolute atomic E-state index is 6.32. The summed E-state index contributed by atoms with van der Waals surface area (Å²) >= 11 is 0. The molecule has 0 radical (unpaired) electrons. The van der Waals surface area contributed by atoms with Gasteiger partial charge in [0.2, 0.25) is 0 Å². The zero-order valence-electron chi connectivity index (χ0n) is 11.5. The molecule has 1 fully saturated rings. The van der Waals surface area contributed by atoms with Crippen LogP contribution < -0.4 is 14.8 Å². The van der Waals surface area contributed by atoms with Gasteiger partial charge in [0.05, 0.1) is 12.5 Å². The van der Waals surface area contributed by atoms with Crippen LogP contribution in [0.1, 0.15) is 17.5 Å². The van der Waals surface area contributed by atoms with E-state index in [-0.39, 0.29) is 11.5 Å². The molecule has 20 heavy (non-hydrogen) atoms. The zero-order chi connectivity index (χ0) is 13.3. The van der Waals surface area contributed by atoms with Crippen LogP contribution in [-0.4, -0.2) is 25.8 Å². The van der Waals surface area contributed by atoms with Gasteiger partial charge in [-0.05, 0) is 42.7 Å². The highest BCUT2D eigenvalue weighted by Crippen LogP contribution is 2.60. The van der Waals surface area contributed by atoms with E-state index in [2.05, 4.69) is 35.7 Å². The van der Waals surface area contributed by atoms with Gasteiger partial charge in [0.25, 0.3) is 0 Å². The maximum Gasteiger partial charge on any atom is 0.166 e. The number of rotatable bonds is 1. The number of hydrogen-bond donors (Lipinski definition) is 1. The summed E-state index contributed by atoms with van der Waals surface area (Å²) in [5.41, 5.74) is 4.39. The molecule has 2 aliphatic carbocycles. The number of nitrogens with one attached hydrogen (secondary N) is 1. The molecule has 102 valence electrons. The van der Waals surface area contributed by atoms with Crippen molar-refractivity contribution in [3.63, 3.8) is 0 Å². The monoisotopic (exact) mass is 267 g/mol. The summed E-state index contributed by atoms with van der Waals surface area (Å²) in [5.74, 6) is 1.85. The highest BCUT2D eigenvalue weighted by molar-refractivity contribution is 5.67. The van der Waals surface area contributed by atoms with Crippen LogP contribution in [0.15, 0.2) is 35.9 Å². The van der Waals surface area contributed by atoms with E-state index in [9.17, 15) is 0 Å². The summed E-state index contributed by atoms with van der Waals surface area (Å²) in [4.78, 5) is 0. The minimum Gasteiger partial charge on any atom is -0.493 e. The molecule has 2 bridgehead atoms. The first kappa shape index (κ1) is 11.0. The zero-order valence-corrected chi connectivity index (χ0v) is 11.5. The Hall–Kier alpha value is -1.74. The lowest BCUT2D eigenvalue weighted by Gasteiger charge is -2.49. The third-order valence-corrected chi connectivity index (χ3v) is 5.39. The summed E-state index contributed by atoms with van der Waals surface area (Å²) < 4.78 is 11.8. The number of ether oxygens (including phenoxy) is 2. The molecule has 0 saturated carbocycles. The quantitative estimate of drug-likeness (QED) is 0.845. The van der Waals surface area contributed by atoms with Gasteiger partial charge in [-0.3, -0.25) is 0 Å². The number of benzene rings is 1. The molecule has 0 aromatic heterocycles. The van der Waals surface area contributed by atoms with E-state index in [0.29, 0.717) is 6.04 Å². The molecule has 3 nitrogen and oxygen atoms in total. The van der Waals surface area contributed by atoms with Gasteiger partial charge < -0.3 is 14.8 Å². The van der Waals surface area contributed by atoms with Crippen LogP contribution in [0.5, 0.6) is 11.5 Å². The molecule has 3 heteroatoms. The summed E-state index contributed by atoms with van der Waals surface area (Å²) in [6, 6.07) is 4.74.